The van der Waals surface area contributed by atoms with Gasteiger partial charge in [-0.15, -0.1) is 0 Å². The fourth-order valence-corrected chi connectivity index (χ4v) is 2.16. The first-order valence-corrected chi connectivity index (χ1v) is 7.70. The van der Waals surface area contributed by atoms with E-state index in [0.29, 0.717) is 5.25 Å². The van der Waals surface area contributed by atoms with E-state index in [9.17, 15) is 4.79 Å². The second-order valence-corrected chi connectivity index (χ2v) is 6.24. The van der Waals surface area contributed by atoms with Crippen molar-refractivity contribution in [1.82, 2.24) is 5.32 Å². The molecule has 0 bridgehead atoms. The Hall–Kier alpha value is -0.480. The van der Waals surface area contributed by atoms with E-state index in [0.717, 1.165) is 28.6 Å². The molecule has 1 rings (SSSR count). The van der Waals surface area contributed by atoms with Crippen molar-refractivity contribution in [2.24, 2.45) is 0 Å². The highest BCUT2D eigenvalue weighted by molar-refractivity contribution is 9.10. The van der Waals surface area contributed by atoms with Crippen molar-refractivity contribution in [3.05, 3.63) is 33.8 Å². The van der Waals surface area contributed by atoms with Gasteiger partial charge in [0, 0.05) is 21.8 Å². The molecule has 1 N–H and O–H groups in total. The van der Waals surface area contributed by atoms with Crippen LogP contribution in [0.5, 0.6) is 0 Å². The summed E-state index contributed by atoms with van der Waals surface area (Å²) in [7, 11) is 0. The Bertz CT molecular complexity index is 395. The molecule has 94 valence electrons. The number of hydrogen-bond acceptors (Lipinski definition) is 2. The van der Waals surface area contributed by atoms with Crippen molar-refractivity contribution >= 4 is 33.6 Å². The largest absolute Gasteiger partial charge is 0.352 e. The van der Waals surface area contributed by atoms with E-state index < -0.39 is 0 Å². The summed E-state index contributed by atoms with van der Waals surface area (Å²) in [6, 6.07) is 5.76. The minimum absolute atomic E-state index is 0.0112. The molecule has 0 aliphatic carbocycles. The fraction of sp³-hybridized carbons (Fsp3) is 0.462. The third-order valence-corrected chi connectivity index (χ3v) is 4.22. The van der Waals surface area contributed by atoms with Gasteiger partial charge in [-0.1, -0.05) is 28.9 Å². The Morgan fingerprint density at radius 3 is 2.88 bits per heavy atom. The lowest BCUT2D eigenvalue weighted by Gasteiger charge is -2.10. The van der Waals surface area contributed by atoms with E-state index in [4.69, 9.17) is 0 Å². The molecule has 0 heterocycles. The summed E-state index contributed by atoms with van der Waals surface area (Å²) in [4.78, 5) is 11.9. The van der Waals surface area contributed by atoms with Crippen molar-refractivity contribution in [3.63, 3.8) is 0 Å². The van der Waals surface area contributed by atoms with E-state index in [1.54, 1.807) is 0 Å². The smallest absolute Gasteiger partial charge is 0.251 e. The number of benzene rings is 1. The van der Waals surface area contributed by atoms with Gasteiger partial charge < -0.3 is 5.32 Å². The van der Waals surface area contributed by atoms with Crippen LogP contribution < -0.4 is 5.32 Å². The molecule has 1 aromatic carbocycles. The van der Waals surface area contributed by atoms with E-state index in [2.05, 4.69) is 34.4 Å². The van der Waals surface area contributed by atoms with Crippen LogP contribution in [0.25, 0.3) is 0 Å². The number of thioether (sulfide) groups is 1. The molecule has 4 heteroatoms. The average molecular weight is 316 g/mol. The zero-order valence-electron chi connectivity index (χ0n) is 10.4. The standard InChI is InChI=1S/C13H18BrNOS/c1-9-4-5-11(14)8-12(9)13(16)15-7-6-10(2)17-3/h4-5,8,10H,6-7H2,1-3H3,(H,15,16). The predicted molar refractivity (Wildman–Crippen MR) is 78.8 cm³/mol. The van der Waals surface area contributed by atoms with Crippen LogP contribution in [0.15, 0.2) is 22.7 Å². The topological polar surface area (TPSA) is 29.1 Å². The van der Waals surface area contributed by atoms with Crippen LogP contribution in [0, 0.1) is 6.92 Å². The molecule has 1 atom stereocenters. The first-order chi connectivity index (χ1) is 8.04. The minimum atomic E-state index is 0.0112. The first-order valence-electron chi connectivity index (χ1n) is 5.61. The quantitative estimate of drug-likeness (QED) is 0.899. The van der Waals surface area contributed by atoms with Gasteiger partial charge in [0.25, 0.3) is 5.91 Å². The highest BCUT2D eigenvalue weighted by atomic mass is 79.9. The van der Waals surface area contributed by atoms with Gasteiger partial charge in [0.2, 0.25) is 0 Å². The van der Waals surface area contributed by atoms with E-state index in [1.807, 2.05) is 36.9 Å². The highest BCUT2D eigenvalue weighted by Crippen LogP contribution is 2.16. The number of amides is 1. The summed E-state index contributed by atoms with van der Waals surface area (Å²) >= 11 is 5.20. The molecule has 2 nitrogen and oxygen atoms in total. The van der Waals surface area contributed by atoms with Gasteiger partial charge in [-0.3, -0.25) is 4.79 Å². The summed E-state index contributed by atoms with van der Waals surface area (Å²) in [5.74, 6) is 0.0112. The Morgan fingerprint density at radius 1 is 1.53 bits per heavy atom. The Kier molecular flexibility index (Phi) is 6.06. The van der Waals surface area contributed by atoms with Crippen LogP contribution >= 0.6 is 27.7 Å². The van der Waals surface area contributed by atoms with Crippen molar-refractivity contribution in [1.29, 1.82) is 0 Å². The van der Waals surface area contributed by atoms with Crippen molar-refractivity contribution in [2.45, 2.75) is 25.5 Å². The van der Waals surface area contributed by atoms with E-state index in [-0.39, 0.29) is 5.91 Å². The summed E-state index contributed by atoms with van der Waals surface area (Å²) in [5, 5.41) is 3.54. The monoisotopic (exact) mass is 315 g/mol. The normalized spacial score (nSPS) is 12.2. The second-order valence-electron chi connectivity index (χ2n) is 4.05. The summed E-state index contributed by atoms with van der Waals surface area (Å²) < 4.78 is 0.936. The third-order valence-electron chi connectivity index (χ3n) is 2.68. The summed E-state index contributed by atoms with van der Waals surface area (Å²) in [6.45, 7) is 4.85. The Morgan fingerprint density at radius 2 is 2.24 bits per heavy atom. The molecule has 0 aliphatic rings. The Balaban J connectivity index is 2.55. The molecule has 0 saturated heterocycles. The number of halogens is 1. The zero-order valence-corrected chi connectivity index (χ0v) is 12.8. The maximum absolute atomic E-state index is 11.9. The Labute approximate surface area is 116 Å². The van der Waals surface area contributed by atoms with E-state index in [1.165, 1.54) is 0 Å². The van der Waals surface area contributed by atoms with Crippen LogP contribution in [-0.2, 0) is 0 Å². The van der Waals surface area contributed by atoms with Gasteiger partial charge in [-0.2, -0.15) is 11.8 Å². The molecule has 0 aromatic heterocycles. The SMILES string of the molecule is CSC(C)CCNC(=O)c1cc(Br)ccc1C. The van der Waals surface area contributed by atoms with Gasteiger partial charge >= 0.3 is 0 Å². The van der Waals surface area contributed by atoms with Crippen LogP contribution in [0.3, 0.4) is 0 Å². The summed E-state index contributed by atoms with van der Waals surface area (Å²) in [6.07, 6.45) is 3.09. The molecular formula is C13H18BrNOS. The molecule has 1 aromatic rings. The fourth-order valence-electron chi connectivity index (χ4n) is 1.44. The van der Waals surface area contributed by atoms with Gasteiger partial charge in [-0.25, -0.2) is 0 Å². The van der Waals surface area contributed by atoms with Crippen LogP contribution in [-0.4, -0.2) is 24.0 Å². The lowest BCUT2D eigenvalue weighted by Crippen LogP contribution is -2.26. The van der Waals surface area contributed by atoms with Crippen molar-refractivity contribution in [2.75, 3.05) is 12.8 Å². The lowest BCUT2D eigenvalue weighted by molar-refractivity contribution is 0.0952. The van der Waals surface area contributed by atoms with Crippen LogP contribution in [0.1, 0.15) is 29.3 Å². The number of nitrogens with one attached hydrogen (secondary N) is 1. The lowest BCUT2D eigenvalue weighted by atomic mass is 10.1. The van der Waals surface area contributed by atoms with Gasteiger partial charge in [0.05, 0.1) is 0 Å². The third kappa shape index (κ3) is 4.72. The number of carbonyl (C=O) groups is 1. The van der Waals surface area contributed by atoms with Crippen LogP contribution in [0.2, 0.25) is 0 Å². The maximum Gasteiger partial charge on any atom is 0.251 e. The zero-order chi connectivity index (χ0) is 12.8. The molecular weight excluding hydrogens is 298 g/mol. The molecule has 0 saturated carbocycles. The summed E-state index contributed by atoms with van der Waals surface area (Å²) in [5.41, 5.74) is 1.75. The number of carbonyl (C=O) groups excluding carboxylic acids is 1. The van der Waals surface area contributed by atoms with Gasteiger partial charge in [0.15, 0.2) is 0 Å². The number of hydrogen-bond donors (Lipinski definition) is 1. The molecule has 17 heavy (non-hydrogen) atoms. The van der Waals surface area contributed by atoms with Gasteiger partial charge in [-0.05, 0) is 37.3 Å². The number of aryl methyl sites for hydroxylation is 1. The molecule has 0 fully saturated rings. The van der Waals surface area contributed by atoms with Crippen molar-refractivity contribution < 1.29 is 4.79 Å². The van der Waals surface area contributed by atoms with Crippen LogP contribution in [0.4, 0.5) is 0 Å². The van der Waals surface area contributed by atoms with E-state index >= 15 is 0 Å². The first kappa shape index (κ1) is 14.6. The molecule has 0 spiro atoms. The second kappa shape index (κ2) is 7.07. The molecule has 1 unspecified atom stereocenters. The number of rotatable bonds is 5. The predicted octanol–water partition coefficient (Wildman–Crippen LogP) is 3.63. The molecule has 0 radical (unpaired) electrons. The van der Waals surface area contributed by atoms with Crippen molar-refractivity contribution in [3.8, 4) is 0 Å². The van der Waals surface area contributed by atoms with Gasteiger partial charge in [0.1, 0.15) is 0 Å². The minimum Gasteiger partial charge on any atom is -0.352 e. The molecule has 0 aliphatic heterocycles. The highest BCUT2D eigenvalue weighted by Gasteiger charge is 2.09. The molecule has 1 amide bonds. The maximum atomic E-state index is 11.9. The average Bonchev–Trinajstić information content (AvgIpc) is 2.31.